The number of aromatic nitrogens is 2. The average molecular weight is 531 g/mol. The van der Waals surface area contributed by atoms with E-state index in [1.165, 1.54) is 0 Å². The summed E-state index contributed by atoms with van der Waals surface area (Å²) in [4.78, 5) is 38.6. The van der Waals surface area contributed by atoms with E-state index in [1.54, 1.807) is 67.6 Å². The Morgan fingerprint density at radius 1 is 0.868 bits per heavy atom. The molecule has 10 heteroatoms. The Hall–Kier alpha value is -4.57. The van der Waals surface area contributed by atoms with Crippen molar-refractivity contribution in [3.8, 4) is 11.5 Å². The first-order valence-corrected chi connectivity index (χ1v) is 12.6. The molecular weight excluding hydrogens is 508 g/mol. The standard InChI is InChI=1S/C28H22N2O7S/c1-2-35-28(34)17-5-3-16(4-6-17)13-20(26(31)19-8-10-23-24(15-19)37-12-11-36-23)25(27(32)33)18-7-9-21-22(14-18)30-38-29-21/h3-10,14-15H,2,11-13H2,1H3,(H,32,33)/b25-20+. The predicted octanol–water partition coefficient (Wildman–Crippen LogP) is 4.60. The highest BCUT2D eigenvalue weighted by molar-refractivity contribution is 7.00. The molecule has 4 aromatic rings. The predicted molar refractivity (Wildman–Crippen MR) is 140 cm³/mol. The van der Waals surface area contributed by atoms with Crippen molar-refractivity contribution in [2.24, 2.45) is 0 Å². The number of fused-ring (bicyclic) bond motifs is 2. The van der Waals surface area contributed by atoms with E-state index >= 15 is 0 Å². The molecule has 0 saturated heterocycles. The van der Waals surface area contributed by atoms with Gasteiger partial charge in [0.2, 0.25) is 0 Å². The molecule has 1 N–H and O–H groups in total. The van der Waals surface area contributed by atoms with Crippen LogP contribution in [0.4, 0.5) is 0 Å². The molecular formula is C28H22N2O7S. The Labute approximate surface area is 221 Å². The molecule has 3 aromatic carbocycles. The Morgan fingerprint density at radius 2 is 1.55 bits per heavy atom. The highest BCUT2D eigenvalue weighted by Crippen LogP contribution is 2.33. The van der Waals surface area contributed by atoms with E-state index in [9.17, 15) is 19.5 Å². The Morgan fingerprint density at radius 3 is 2.29 bits per heavy atom. The number of carboxylic acids is 1. The zero-order valence-corrected chi connectivity index (χ0v) is 21.1. The van der Waals surface area contributed by atoms with Gasteiger partial charge in [0.1, 0.15) is 24.2 Å². The highest BCUT2D eigenvalue weighted by Gasteiger charge is 2.26. The zero-order valence-electron chi connectivity index (χ0n) is 20.3. The lowest BCUT2D eigenvalue weighted by molar-refractivity contribution is -0.130. The van der Waals surface area contributed by atoms with Gasteiger partial charge in [-0.1, -0.05) is 18.2 Å². The van der Waals surface area contributed by atoms with E-state index in [-0.39, 0.29) is 29.7 Å². The van der Waals surface area contributed by atoms with Crippen molar-refractivity contribution in [2.45, 2.75) is 13.3 Å². The third-order valence-electron chi connectivity index (χ3n) is 5.98. The van der Waals surface area contributed by atoms with E-state index < -0.39 is 17.7 Å². The highest BCUT2D eigenvalue weighted by atomic mass is 32.1. The number of Topliss-reactive ketones (excluding diaryl/α,β-unsaturated/α-hetero) is 1. The smallest absolute Gasteiger partial charge is 0.338 e. The van der Waals surface area contributed by atoms with Gasteiger partial charge in [0.25, 0.3) is 0 Å². The fourth-order valence-electron chi connectivity index (χ4n) is 4.18. The number of hydrogen-bond donors (Lipinski definition) is 1. The second kappa shape index (κ2) is 10.8. The van der Waals surface area contributed by atoms with Crippen LogP contribution in [0.3, 0.4) is 0 Å². The van der Waals surface area contributed by atoms with Gasteiger partial charge >= 0.3 is 11.9 Å². The molecule has 0 unspecified atom stereocenters. The first-order valence-electron chi connectivity index (χ1n) is 11.8. The van der Waals surface area contributed by atoms with Gasteiger partial charge in [0.05, 0.1) is 29.5 Å². The molecule has 192 valence electrons. The summed E-state index contributed by atoms with van der Waals surface area (Å²) < 4.78 is 24.6. The first kappa shape index (κ1) is 25.1. The van der Waals surface area contributed by atoms with E-state index in [1.807, 2.05) is 0 Å². The third kappa shape index (κ3) is 5.12. The number of rotatable bonds is 8. The van der Waals surface area contributed by atoms with Gasteiger partial charge in [-0.25, -0.2) is 9.59 Å². The molecule has 0 fully saturated rings. The van der Waals surface area contributed by atoms with Gasteiger partial charge in [-0.15, -0.1) is 0 Å². The van der Waals surface area contributed by atoms with Crippen molar-refractivity contribution in [1.82, 2.24) is 8.75 Å². The first-order chi connectivity index (χ1) is 18.4. The van der Waals surface area contributed by atoms with Crippen molar-refractivity contribution in [3.05, 3.63) is 88.5 Å². The summed E-state index contributed by atoms with van der Waals surface area (Å²) in [7, 11) is 0. The fraction of sp³-hybridized carbons (Fsp3) is 0.179. The number of ether oxygens (including phenoxy) is 3. The summed E-state index contributed by atoms with van der Waals surface area (Å²) in [6.07, 6.45) is 0.00532. The molecule has 0 radical (unpaired) electrons. The topological polar surface area (TPSA) is 125 Å². The maximum absolute atomic E-state index is 13.9. The third-order valence-corrected chi connectivity index (χ3v) is 6.54. The SMILES string of the molecule is CCOC(=O)c1ccc(C/C(C(=O)c2ccc3c(c2)OCCO3)=C(\C(=O)O)c2ccc3nsnc3c2)cc1. The number of ketones is 1. The van der Waals surface area contributed by atoms with E-state index in [2.05, 4.69) is 8.75 Å². The summed E-state index contributed by atoms with van der Waals surface area (Å²) in [6.45, 7) is 2.73. The van der Waals surface area contributed by atoms with Crippen molar-refractivity contribution in [2.75, 3.05) is 19.8 Å². The van der Waals surface area contributed by atoms with Crippen LogP contribution in [0.2, 0.25) is 0 Å². The summed E-state index contributed by atoms with van der Waals surface area (Å²) in [5, 5.41) is 10.3. The molecule has 5 rings (SSSR count). The molecule has 1 aliphatic rings. The average Bonchev–Trinajstić information content (AvgIpc) is 3.40. The molecule has 38 heavy (non-hydrogen) atoms. The monoisotopic (exact) mass is 530 g/mol. The summed E-state index contributed by atoms with van der Waals surface area (Å²) in [5.41, 5.74) is 2.71. The minimum Gasteiger partial charge on any atom is -0.486 e. The van der Waals surface area contributed by atoms with Gasteiger partial charge in [0.15, 0.2) is 17.3 Å². The van der Waals surface area contributed by atoms with Crippen molar-refractivity contribution < 1.29 is 33.7 Å². The number of carbonyl (C=O) groups excluding carboxylic acids is 2. The minimum absolute atomic E-state index is 0.00532. The van der Waals surface area contributed by atoms with Gasteiger partial charge in [0, 0.05) is 17.6 Å². The molecule has 9 nitrogen and oxygen atoms in total. The maximum atomic E-state index is 13.9. The molecule has 0 spiro atoms. The van der Waals surface area contributed by atoms with E-state index in [0.29, 0.717) is 52.4 Å². The Kier molecular flexibility index (Phi) is 7.14. The number of carbonyl (C=O) groups is 3. The zero-order chi connectivity index (χ0) is 26.6. The molecule has 2 heterocycles. The molecule has 1 aromatic heterocycles. The largest absolute Gasteiger partial charge is 0.486 e. The molecule has 0 aliphatic carbocycles. The number of carboxylic acid groups (broad SMARTS) is 1. The fourth-order valence-corrected chi connectivity index (χ4v) is 4.70. The number of benzene rings is 3. The molecule has 0 bridgehead atoms. The lowest BCUT2D eigenvalue weighted by Crippen LogP contribution is -2.17. The normalized spacial score (nSPS) is 13.1. The molecule has 0 amide bonds. The van der Waals surface area contributed by atoms with Crippen LogP contribution in [0.25, 0.3) is 16.6 Å². The van der Waals surface area contributed by atoms with Crippen LogP contribution in [0.15, 0.2) is 66.2 Å². The number of esters is 1. The van der Waals surface area contributed by atoms with Crippen LogP contribution in [0.1, 0.15) is 38.8 Å². The molecule has 0 atom stereocenters. The van der Waals surface area contributed by atoms with Crippen molar-refractivity contribution in [1.29, 1.82) is 0 Å². The van der Waals surface area contributed by atoms with Crippen molar-refractivity contribution in [3.63, 3.8) is 0 Å². The van der Waals surface area contributed by atoms with Crippen LogP contribution >= 0.6 is 11.7 Å². The second-order valence-electron chi connectivity index (χ2n) is 8.41. The van der Waals surface area contributed by atoms with Gasteiger partial charge in [-0.2, -0.15) is 8.75 Å². The number of aliphatic carboxylic acids is 1. The maximum Gasteiger partial charge on any atom is 0.338 e. The number of allylic oxidation sites excluding steroid dienone is 1. The number of nitrogens with zero attached hydrogens (tertiary/aromatic N) is 2. The Balaban J connectivity index is 1.61. The minimum atomic E-state index is -1.25. The molecule has 1 aliphatic heterocycles. The number of hydrogen-bond acceptors (Lipinski definition) is 9. The lowest BCUT2D eigenvalue weighted by Gasteiger charge is -2.19. The Bertz CT molecular complexity index is 1570. The van der Waals surface area contributed by atoms with E-state index in [0.717, 1.165) is 11.7 Å². The van der Waals surface area contributed by atoms with Crippen LogP contribution < -0.4 is 9.47 Å². The van der Waals surface area contributed by atoms with Gasteiger partial charge < -0.3 is 19.3 Å². The lowest BCUT2D eigenvalue weighted by atomic mass is 9.89. The van der Waals surface area contributed by atoms with Crippen LogP contribution in [-0.4, -0.2) is 51.4 Å². The second-order valence-corrected chi connectivity index (χ2v) is 8.94. The van der Waals surface area contributed by atoms with Crippen molar-refractivity contribution >= 4 is 46.1 Å². The summed E-state index contributed by atoms with van der Waals surface area (Å²) >= 11 is 1.02. The van der Waals surface area contributed by atoms with Gasteiger partial charge in [-0.3, -0.25) is 4.79 Å². The van der Waals surface area contributed by atoms with Crippen LogP contribution in [-0.2, 0) is 16.0 Å². The van der Waals surface area contributed by atoms with Crippen LogP contribution in [0.5, 0.6) is 11.5 Å². The summed E-state index contributed by atoms with van der Waals surface area (Å²) in [6, 6.07) is 16.2. The van der Waals surface area contributed by atoms with Gasteiger partial charge in [-0.05, 0) is 60.5 Å². The molecule has 0 saturated carbocycles. The van der Waals surface area contributed by atoms with E-state index in [4.69, 9.17) is 14.2 Å². The van der Waals surface area contributed by atoms with Crippen LogP contribution in [0, 0.1) is 0 Å². The quantitative estimate of drug-likeness (QED) is 0.198. The summed E-state index contributed by atoms with van der Waals surface area (Å²) in [5.74, 6) is -1.24.